The monoisotopic (exact) mass is 483 g/mol. The second-order valence-electron chi connectivity index (χ2n) is 8.87. The number of hydrogen-bond donors (Lipinski definition) is 2. The first-order chi connectivity index (χ1) is 16.4. The minimum Gasteiger partial charge on any atom is -0.497 e. The van der Waals surface area contributed by atoms with Crippen molar-refractivity contribution in [3.8, 4) is 5.75 Å². The van der Waals surface area contributed by atoms with Crippen LogP contribution in [0, 0.1) is 5.92 Å². The molecule has 7 nitrogen and oxygen atoms in total. The molecule has 0 spiro atoms. The van der Waals surface area contributed by atoms with Gasteiger partial charge in [-0.15, -0.1) is 0 Å². The van der Waals surface area contributed by atoms with Gasteiger partial charge in [-0.25, -0.2) is 12.7 Å². The number of nitrogens with one attached hydrogen (secondary N) is 2. The van der Waals surface area contributed by atoms with Crippen LogP contribution in [0.4, 0.5) is 0 Å². The van der Waals surface area contributed by atoms with Crippen LogP contribution >= 0.6 is 0 Å². The Morgan fingerprint density at radius 1 is 1.21 bits per heavy atom. The van der Waals surface area contributed by atoms with E-state index in [1.807, 2.05) is 55.6 Å². The maximum absolute atomic E-state index is 13.1. The van der Waals surface area contributed by atoms with Crippen molar-refractivity contribution in [3.05, 3.63) is 65.9 Å². The van der Waals surface area contributed by atoms with Crippen molar-refractivity contribution in [1.82, 2.24) is 14.6 Å². The normalized spacial score (nSPS) is 18.0. The number of hydrogen-bond acceptors (Lipinski definition) is 4. The first-order valence-corrected chi connectivity index (χ1v) is 13.5. The lowest BCUT2D eigenvalue weighted by Crippen LogP contribution is -2.46. The van der Waals surface area contributed by atoms with Gasteiger partial charge in [0.2, 0.25) is 15.9 Å². The van der Waals surface area contributed by atoms with Gasteiger partial charge in [0.1, 0.15) is 5.75 Å². The van der Waals surface area contributed by atoms with E-state index < -0.39 is 10.0 Å². The van der Waals surface area contributed by atoms with Crippen LogP contribution in [0.15, 0.2) is 54.7 Å². The van der Waals surface area contributed by atoms with Crippen molar-refractivity contribution < 1.29 is 17.9 Å². The molecule has 1 aliphatic rings. The Labute approximate surface area is 201 Å². The lowest BCUT2D eigenvalue weighted by Gasteiger charge is -2.31. The highest BCUT2D eigenvalue weighted by Crippen LogP contribution is 2.31. The van der Waals surface area contributed by atoms with E-state index >= 15 is 0 Å². The maximum Gasteiger partial charge on any atom is 0.224 e. The Hall–Kier alpha value is -2.84. The van der Waals surface area contributed by atoms with Gasteiger partial charge in [0, 0.05) is 42.7 Å². The van der Waals surface area contributed by atoms with E-state index in [0.29, 0.717) is 32.4 Å². The lowest BCUT2D eigenvalue weighted by molar-refractivity contribution is -0.126. The molecule has 1 amide bonds. The van der Waals surface area contributed by atoms with Gasteiger partial charge in [-0.1, -0.05) is 37.3 Å². The summed E-state index contributed by atoms with van der Waals surface area (Å²) in [6.45, 7) is 3.03. The predicted molar refractivity (Wildman–Crippen MR) is 135 cm³/mol. The fourth-order valence-corrected chi connectivity index (χ4v) is 6.36. The molecular formula is C26H33N3O4S. The van der Waals surface area contributed by atoms with Gasteiger partial charge < -0.3 is 15.0 Å². The minimum absolute atomic E-state index is 0.0606. The molecule has 0 aliphatic carbocycles. The lowest BCUT2D eigenvalue weighted by atomic mass is 9.90. The number of methoxy groups -OCH3 is 1. The van der Waals surface area contributed by atoms with E-state index in [9.17, 15) is 13.2 Å². The third-order valence-corrected chi connectivity index (χ3v) is 8.65. The Kier molecular flexibility index (Phi) is 7.58. The van der Waals surface area contributed by atoms with Crippen LogP contribution in [0.3, 0.4) is 0 Å². The number of ether oxygens (including phenoxy) is 1. The highest BCUT2D eigenvalue weighted by Gasteiger charge is 2.32. The van der Waals surface area contributed by atoms with Crippen LogP contribution in [0.5, 0.6) is 5.75 Å². The molecule has 3 aromatic rings. The van der Waals surface area contributed by atoms with E-state index in [1.165, 1.54) is 4.31 Å². The van der Waals surface area contributed by atoms with Crippen molar-refractivity contribution in [1.29, 1.82) is 0 Å². The number of piperidine rings is 1. The Morgan fingerprint density at radius 2 is 1.97 bits per heavy atom. The summed E-state index contributed by atoms with van der Waals surface area (Å²) < 4.78 is 31.8. The van der Waals surface area contributed by atoms with Gasteiger partial charge in [-0.05, 0) is 48.6 Å². The van der Waals surface area contributed by atoms with Crippen LogP contribution in [0.25, 0.3) is 10.9 Å². The van der Waals surface area contributed by atoms with Crippen molar-refractivity contribution >= 4 is 26.8 Å². The number of H-pyrrole nitrogens is 1. The number of carbonyl (C=O) groups is 1. The number of nitrogens with zero attached hydrogens (tertiary/aromatic N) is 1. The highest BCUT2D eigenvalue weighted by atomic mass is 32.2. The highest BCUT2D eigenvalue weighted by molar-refractivity contribution is 7.89. The smallest absolute Gasteiger partial charge is 0.224 e. The molecule has 2 atom stereocenters. The predicted octanol–water partition coefficient (Wildman–Crippen LogP) is 3.88. The second-order valence-corrected chi connectivity index (χ2v) is 11.0. The zero-order valence-electron chi connectivity index (χ0n) is 19.8. The molecule has 8 heteroatoms. The summed E-state index contributed by atoms with van der Waals surface area (Å²) in [6.07, 6.45) is 3.98. The van der Waals surface area contributed by atoms with E-state index in [4.69, 9.17) is 4.74 Å². The number of aromatic nitrogens is 1. The van der Waals surface area contributed by atoms with E-state index in [0.717, 1.165) is 27.8 Å². The van der Waals surface area contributed by atoms with Crippen molar-refractivity contribution in [3.63, 3.8) is 0 Å². The molecule has 2 aromatic carbocycles. The topological polar surface area (TPSA) is 91.5 Å². The third-order valence-electron chi connectivity index (χ3n) is 6.61. The zero-order valence-corrected chi connectivity index (χ0v) is 20.6. The van der Waals surface area contributed by atoms with Gasteiger partial charge >= 0.3 is 0 Å². The molecule has 1 saturated heterocycles. The molecule has 4 rings (SSSR count). The summed E-state index contributed by atoms with van der Waals surface area (Å²) >= 11 is 0. The number of carbonyl (C=O) groups excluding carboxylic acids is 1. The number of para-hydroxylation sites is 1. The standard InChI is InChI=1S/C26H33N3O4S/c1-3-15-34(31,32)29-14-6-7-20(18-29)26(30)28-16-23(19-10-12-21(33-2)13-11-19)24-17-27-25-9-5-4-8-22(24)25/h4-5,8-13,17,20,23,27H,3,6-7,14-16,18H2,1-2H3,(H,28,30). The summed E-state index contributed by atoms with van der Waals surface area (Å²) in [5.74, 6) is 0.423. The van der Waals surface area contributed by atoms with Crippen LogP contribution in [0.2, 0.25) is 0 Å². The van der Waals surface area contributed by atoms with Crippen LogP contribution in [0.1, 0.15) is 43.2 Å². The molecule has 0 bridgehead atoms. The third kappa shape index (κ3) is 5.28. The SMILES string of the molecule is CCCS(=O)(=O)N1CCCC(C(=O)NCC(c2ccc(OC)cc2)c2c[nH]c3ccccc23)C1. The molecular weight excluding hydrogens is 450 g/mol. The minimum atomic E-state index is -3.30. The molecule has 2 N–H and O–H groups in total. The summed E-state index contributed by atoms with van der Waals surface area (Å²) in [6, 6.07) is 16.0. The molecule has 182 valence electrons. The van der Waals surface area contributed by atoms with E-state index in [1.54, 1.807) is 7.11 Å². The van der Waals surface area contributed by atoms with Gasteiger partial charge in [-0.3, -0.25) is 4.79 Å². The summed E-state index contributed by atoms with van der Waals surface area (Å²) in [5.41, 5.74) is 3.23. The van der Waals surface area contributed by atoms with Gasteiger partial charge in [-0.2, -0.15) is 0 Å². The maximum atomic E-state index is 13.1. The molecule has 34 heavy (non-hydrogen) atoms. The molecule has 0 saturated carbocycles. The van der Waals surface area contributed by atoms with Crippen LogP contribution in [-0.4, -0.2) is 56.1 Å². The number of fused-ring (bicyclic) bond motifs is 1. The summed E-state index contributed by atoms with van der Waals surface area (Å²) in [5, 5.41) is 4.25. The number of rotatable bonds is 9. The average molecular weight is 484 g/mol. The number of benzene rings is 2. The molecule has 1 aliphatic heterocycles. The molecule has 1 aromatic heterocycles. The molecule has 2 unspecified atom stereocenters. The van der Waals surface area contributed by atoms with Gasteiger partial charge in [0.15, 0.2) is 0 Å². The number of sulfonamides is 1. The van der Waals surface area contributed by atoms with Crippen LogP contribution < -0.4 is 10.1 Å². The fraction of sp³-hybridized carbons (Fsp3) is 0.423. The summed E-state index contributed by atoms with van der Waals surface area (Å²) in [4.78, 5) is 16.5. The van der Waals surface area contributed by atoms with Crippen molar-refractivity contribution in [2.24, 2.45) is 5.92 Å². The van der Waals surface area contributed by atoms with E-state index in [-0.39, 0.29) is 30.0 Å². The molecule has 0 radical (unpaired) electrons. The first-order valence-electron chi connectivity index (χ1n) is 11.9. The molecule has 2 heterocycles. The summed E-state index contributed by atoms with van der Waals surface area (Å²) in [7, 11) is -1.66. The van der Waals surface area contributed by atoms with Gasteiger partial charge in [0.05, 0.1) is 18.8 Å². The Balaban J connectivity index is 1.53. The van der Waals surface area contributed by atoms with Crippen molar-refractivity contribution in [2.45, 2.75) is 32.1 Å². The number of amides is 1. The fourth-order valence-electron chi connectivity index (χ4n) is 4.77. The Bertz CT molecular complexity index is 1220. The molecule has 1 fully saturated rings. The zero-order chi connectivity index (χ0) is 24.1. The largest absolute Gasteiger partial charge is 0.497 e. The first kappa shape index (κ1) is 24.3. The van der Waals surface area contributed by atoms with Crippen molar-refractivity contribution in [2.75, 3.05) is 32.5 Å². The average Bonchev–Trinajstić information content (AvgIpc) is 3.28. The van der Waals surface area contributed by atoms with Crippen LogP contribution in [-0.2, 0) is 14.8 Å². The number of aromatic amines is 1. The quantitative estimate of drug-likeness (QED) is 0.483. The Morgan fingerprint density at radius 3 is 2.71 bits per heavy atom. The second kappa shape index (κ2) is 10.6. The van der Waals surface area contributed by atoms with E-state index in [2.05, 4.69) is 16.4 Å². The van der Waals surface area contributed by atoms with Gasteiger partial charge in [0.25, 0.3) is 0 Å².